The van der Waals surface area contributed by atoms with Gasteiger partial charge in [-0.2, -0.15) is 0 Å². The number of carbonyl (C=O) groups is 1. The zero-order chi connectivity index (χ0) is 12.0. The predicted octanol–water partition coefficient (Wildman–Crippen LogP) is 1.68. The highest BCUT2D eigenvalue weighted by Crippen LogP contribution is 2.12. The average Bonchev–Trinajstić information content (AvgIpc) is 2.35. The molecule has 4 nitrogen and oxygen atoms in total. The lowest BCUT2D eigenvalue weighted by atomic mass is 10.1. The van der Waals surface area contributed by atoms with Gasteiger partial charge >= 0.3 is 5.97 Å². The Bertz CT molecular complexity index is 327. The molecule has 1 heterocycles. The van der Waals surface area contributed by atoms with Gasteiger partial charge < -0.3 is 4.74 Å². The van der Waals surface area contributed by atoms with Crippen molar-refractivity contribution in [2.24, 2.45) is 0 Å². The number of esters is 1. The van der Waals surface area contributed by atoms with Gasteiger partial charge in [0.05, 0.1) is 7.11 Å². The minimum absolute atomic E-state index is 0.104. The van der Waals surface area contributed by atoms with Gasteiger partial charge in [0.2, 0.25) is 0 Å². The molecule has 16 heavy (non-hydrogen) atoms. The molecule has 2 atom stereocenters. The van der Waals surface area contributed by atoms with Crippen molar-refractivity contribution in [2.45, 2.75) is 32.4 Å². The molecule has 0 saturated heterocycles. The first kappa shape index (κ1) is 12.6. The monoisotopic (exact) mass is 222 g/mol. The van der Waals surface area contributed by atoms with E-state index in [0.29, 0.717) is 6.42 Å². The maximum absolute atomic E-state index is 11.4. The number of carbonyl (C=O) groups excluding carboxylic acids is 1. The van der Waals surface area contributed by atoms with Crippen LogP contribution in [-0.2, 0) is 9.53 Å². The van der Waals surface area contributed by atoms with Gasteiger partial charge in [-0.05, 0) is 31.0 Å². The first-order valence-corrected chi connectivity index (χ1v) is 5.42. The van der Waals surface area contributed by atoms with E-state index in [1.54, 1.807) is 12.4 Å². The van der Waals surface area contributed by atoms with Crippen LogP contribution in [-0.4, -0.2) is 24.1 Å². The maximum atomic E-state index is 11.4. The van der Waals surface area contributed by atoms with Gasteiger partial charge in [0.1, 0.15) is 6.04 Å². The van der Waals surface area contributed by atoms with E-state index in [1.165, 1.54) is 7.11 Å². The summed E-state index contributed by atoms with van der Waals surface area (Å²) in [6, 6.07) is 3.71. The summed E-state index contributed by atoms with van der Waals surface area (Å²) < 4.78 is 4.73. The summed E-state index contributed by atoms with van der Waals surface area (Å²) in [4.78, 5) is 15.4. The van der Waals surface area contributed by atoms with E-state index in [2.05, 4.69) is 10.3 Å². The molecule has 0 aliphatic rings. The SMILES string of the molecule is CCC(N[C@H](C)c1ccncc1)C(=O)OC. The molecule has 0 aromatic carbocycles. The van der Waals surface area contributed by atoms with E-state index in [9.17, 15) is 4.79 Å². The Morgan fingerprint density at radius 3 is 2.62 bits per heavy atom. The average molecular weight is 222 g/mol. The molecule has 0 radical (unpaired) electrons. The topological polar surface area (TPSA) is 51.2 Å². The lowest BCUT2D eigenvalue weighted by Crippen LogP contribution is -2.38. The zero-order valence-electron chi connectivity index (χ0n) is 9.93. The standard InChI is InChI=1S/C12H18N2O2/c1-4-11(12(15)16-3)14-9(2)10-5-7-13-8-6-10/h5-9,11,14H,4H2,1-3H3/t9-,11?/m1/s1. The van der Waals surface area contributed by atoms with Crippen LogP contribution >= 0.6 is 0 Å². The Hall–Kier alpha value is -1.42. The summed E-state index contributed by atoms with van der Waals surface area (Å²) in [7, 11) is 1.41. The smallest absolute Gasteiger partial charge is 0.322 e. The number of aromatic nitrogens is 1. The molecule has 1 rings (SSSR count). The Morgan fingerprint density at radius 2 is 2.12 bits per heavy atom. The second-order valence-electron chi connectivity index (χ2n) is 3.65. The van der Waals surface area contributed by atoms with Crippen LogP contribution in [0.1, 0.15) is 31.9 Å². The minimum Gasteiger partial charge on any atom is -0.468 e. The van der Waals surface area contributed by atoms with Gasteiger partial charge in [-0.25, -0.2) is 0 Å². The van der Waals surface area contributed by atoms with Crippen molar-refractivity contribution in [3.05, 3.63) is 30.1 Å². The normalized spacial score (nSPS) is 14.2. The lowest BCUT2D eigenvalue weighted by molar-refractivity contribution is -0.143. The number of ether oxygens (including phenoxy) is 1. The summed E-state index contributed by atoms with van der Waals surface area (Å²) in [6.07, 6.45) is 4.20. The second kappa shape index (κ2) is 6.23. The zero-order valence-corrected chi connectivity index (χ0v) is 9.93. The van der Waals surface area contributed by atoms with E-state index >= 15 is 0 Å². The van der Waals surface area contributed by atoms with Gasteiger partial charge in [-0.15, -0.1) is 0 Å². The van der Waals surface area contributed by atoms with Crippen LogP contribution in [0.15, 0.2) is 24.5 Å². The van der Waals surface area contributed by atoms with E-state index in [0.717, 1.165) is 5.56 Å². The van der Waals surface area contributed by atoms with Crippen molar-refractivity contribution >= 4 is 5.97 Å². The number of nitrogens with one attached hydrogen (secondary N) is 1. The molecule has 0 aliphatic carbocycles. The summed E-state index contributed by atoms with van der Waals surface area (Å²) in [5, 5.41) is 3.23. The molecule has 4 heteroatoms. The molecule has 1 aromatic rings. The van der Waals surface area contributed by atoms with Crippen LogP contribution in [0.2, 0.25) is 0 Å². The number of pyridine rings is 1. The predicted molar refractivity (Wildman–Crippen MR) is 61.9 cm³/mol. The highest BCUT2D eigenvalue weighted by molar-refractivity contribution is 5.75. The van der Waals surface area contributed by atoms with E-state index in [-0.39, 0.29) is 18.1 Å². The molecule has 0 saturated carbocycles. The first-order chi connectivity index (χ1) is 7.69. The molecule has 0 amide bonds. The number of rotatable bonds is 5. The van der Waals surface area contributed by atoms with Gasteiger partial charge in [-0.1, -0.05) is 6.92 Å². The summed E-state index contributed by atoms with van der Waals surface area (Å²) in [5.74, 6) is -0.219. The number of methoxy groups -OCH3 is 1. The Balaban J connectivity index is 2.62. The van der Waals surface area contributed by atoms with Gasteiger partial charge in [0, 0.05) is 18.4 Å². The van der Waals surface area contributed by atoms with Crippen molar-refractivity contribution in [3.63, 3.8) is 0 Å². The summed E-state index contributed by atoms with van der Waals surface area (Å²) in [6.45, 7) is 3.97. The number of hydrogen-bond donors (Lipinski definition) is 1. The van der Waals surface area contributed by atoms with Gasteiger partial charge in [-0.3, -0.25) is 15.1 Å². The fourth-order valence-electron chi connectivity index (χ4n) is 1.54. The first-order valence-electron chi connectivity index (χ1n) is 5.42. The Kier molecular flexibility index (Phi) is 4.92. The molecule has 0 aliphatic heterocycles. The van der Waals surface area contributed by atoms with Crippen molar-refractivity contribution in [3.8, 4) is 0 Å². The third-order valence-corrected chi connectivity index (χ3v) is 2.55. The highest BCUT2D eigenvalue weighted by Gasteiger charge is 2.19. The van der Waals surface area contributed by atoms with Crippen molar-refractivity contribution < 1.29 is 9.53 Å². The van der Waals surface area contributed by atoms with Crippen molar-refractivity contribution in [2.75, 3.05) is 7.11 Å². The van der Waals surface area contributed by atoms with Crippen molar-refractivity contribution in [1.82, 2.24) is 10.3 Å². The number of nitrogens with zero attached hydrogens (tertiary/aromatic N) is 1. The van der Waals surface area contributed by atoms with Crippen LogP contribution in [0.5, 0.6) is 0 Å². The van der Waals surface area contributed by atoms with E-state index in [4.69, 9.17) is 4.74 Å². The van der Waals surface area contributed by atoms with Gasteiger partial charge in [0.15, 0.2) is 0 Å². The molecular weight excluding hydrogens is 204 g/mol. The molecular formula is C12H18N2O2. The largest absolute Gasteiger partial charge is 0.468 e. The fraction of sp³-hybridized carbons (Fsp3) is 0.500. The van der Waals surface area contributed by atoms with Crippen LogP contribution in [0.25, 0.3) is 0 Å². The van der Waals surface area contributed by atoms with Gasteiger partial charge in [0.25, 0.3) is 0 Å². The molecule has 1 aromatic heterocycles. The molecule has 0 spiro atoms. The third-order valence-electron chi connectivity index (χ3n) is 2.55. The Labute approximate surface area is 96.0 Å². The van der Waals surface area contributed by atoms with Crippen LogP contribution in [0.3, 0.4) is 0 Å². The van der Waals surface area contributed by atoms with E-state index in [1.807, 2.05) is 26.0 Å². The van der Waals surface area contributed by atoms with Crippen LogP contribution < -0.4 is 5.32 Å². The molecule has 1 N–H and O–H groups in total. The van der Waals surface area contributed by atoms with Crippen LogP contribution in [0, 0.1) is 0 Å². The lowest BCUT2D eigenvalue weighted by Gasteiger charge is -2.20. The highest BCUT2D eigenvalue weighted by atomic mass is 16.5. The molecule has 88 valence electrons. The minimum atomic E-state index is -0.256. The second-order valence-corrected chi connectivity index (χ2v) is 3.65. The summed E-state index contributed by atoms with van der Waals surface area (Å²) >= 11 is 0. The Morgan fingerprint density at radius 1 is 1.50 bits per heavy atom. The molecule has 1 unspecified atom stereocenters. The van der Waals surface area contributed by atoms with Crippen LogP contribution in [0.4, 0.5) is 0 Å². The quantitative estimate of drug-likeness (QED) is 0.770. The summed E-state index contributed by atoms with van der Waals surface area (Å²) in [5.41, 5.74) is 1.11. The molecule has 0 bridgehead atoms. The maximum Gasteiger partial charge on any atom is 0.322 e. The number of hydrogen-bond acceptors (Lipinski definition) is 4. The molecule has 0 fully saturated rings. The van der Waals surface area contributed by atoms with E-state index < -0.39 is 0 Å². The fourth-order valence-corrected chi connectivity index (χ4v) is 1.54. The van der Waals surface area contributed by atoms with Crippen molar-refractivity contribution in [1.29, 1.82) is 0 Å². The third kappa shape index (κ3) is 3.31.